The molecule has 3 rings (SSSR count). The molecule has 0 fully saturated rings. The van der Waals surface area contributed by atoms with Crippen molar-refractivity contribution in [2.45, 2.75) is 38.3 Å². The minimum absolute atomic E-state index is 0.0286. The number of H-pyrrole nitrogens is 1. The lowest BCUT2D eigenvalue weighted by Crippen LogP contribution is -2.22. The Morgan fingerprint density at radius 2 is 2.36 bits per heavy atom. The van der Waals surface area contributed by atoms with Crippen LogP contribution >= 0.6 is 23.1 Å². The summed E-state index contributed by atoms with van der Waals surface area (Å²) in [6.45, 7) is 4.32. The number of carbonyl (C=O) groups excluding carboxylic acids is 1. The van der Waals surface area contributed by atoms with Crippen molar-refractivity contribution >= 4 is 39.2 Å². The molecular weight excluding hydrogens is 318 g/mol. The van der Waals surface area contributed by atoms with E-state index in [2.05, 4.69) is 22.2 Å². The maximum absolute atomic E-state index is 12.4. The van der Waals surface area contributed by atoms with E-state index in [1.54, 1.807) is 11.3 Å². The molecule has 2 aromatic rings. The van der Waals surface area contributed by atoms with E-state index in [0.717, 1.165) is 29.5 Å². The van der Waals surface area contributed by atoms with Gasteiger partial charge in [0, 0.05) is 24.1 Å². The molecule has 22 heavy (non-hydrogen) atoms. The van der Waals surface area contributed by atoms with Gasteiger partial charge in [-0.05, 0) is 30.7 Å². The van der Waals surface area contributed by atoms with E-state index in [1.807, 2.05) is 0 Å². The molecule has 5 nitrogen and oxygen atoms in total. The number of hydrogen-bond acceptors (Lipinski definition) is 5. The molecule has 0 aliphatic heterocycles. The van der Waals surface area contributed by atoms with E-state index in [9.17, 15) is 9.59 Å². The Hall–Kier alpha value is -1.34. The van der Waals surface area contributed by atoms with E-state index in [-0.39, 0.29) is 11.5 Å². The average molecular weight is 337 g/mol. The summed E-state index contributed by atoms with van der Waals surface area (Å²) in [6.07, 6.45) is 3.18. The fourth-order valence-corrected chi connectivity index (χ4v) is 4.93. The van der Waals surface area contributed by atoms with E-state index < -0.39 is 0 Å². The zero-order valence-electron chi connectivity index (χ0n) is 12.7. The molecule has 0 unspecified atom stereocenters. The van der Waals surface area contributed by atoms with E-state index >= 15 is 0 Å². The number of amides is 1. The first-order chi connectivity index (χ1) is 10.5. The van der Waals surface area contributed by atoms with Crippen molar-refractivity contribution in [3.05, 3.63) is 20.8 Å². The van der Waals surface area contributed by atoms with Crippen LogP contribution in [0.2, 0.25) is 0 Å². The maximum Gasteiger partial charge on any atom is 0.260 e. The largest absolute Gasteiger partial charge is 0.356 e. The second kappa shape index (κ2) is 6.42. The van der Waals surface area contributed by atoms with Gasteiger partial charge in [-0.3, -0.25) is 9.59 Å². The highest BCUT2D eigenvalue weighted by atomic mass is 32.2. The Bertz CT molecular complexity index is 766. The topological polar surface area (TPSA) is 74.8 Å². The Morgan fingerprint density at radius 3 is 3.14 bits per heavy atom. The number of aromatic amines is 1. The summed E-state index contributed by atoms with van der Waals surface area (Å²) in [5.41, 5.74) is 1.18. The zero-order valence-corrected chi connectivity index (χ0v) is 14.3. The highest BCUT2D eigenvalue weighted by molar-refractivity contribution is 7.99. The van der Waals surface area contributed by atoms with Crippen molar-refractivity contribution in [2.24, 2.45) is 5.92 Å². The van der Waals surface area contributed by atoms with Crippen molar-refractivity contribution < 1.29 is 4.79 Å². The Labute approximate surface area is 136 Å². The molecule has 0 radical (unpaired) electrons. The number of aromatic nitrogens is 2. The normalized spacial score (nSPS) is 17.5. The van der Waals surface area contributed by atoms with Gasteiger partial charge in [-0.15, -0.1) is 11.3 Å². The standard InChI is InChI=1S/C15H19N3O2S2/c1-8-3-4-10-11(7-8)22-14-12(10)13(20)17-15(18-14)21-6-5-16-9(2)19/h8H,3-7H2,1-2H3,(H,16,19)(H,17,18,20)/t8-/m0/s1. The van der Waals surface area contributed by atoms with Gasteiger partial charge in [0.05, 0.1) is 5.39 Å². The van der Waals surface area contributed by atoms with Gasteiger partial charge in [-0.2, -0.15) is 0 Å². The van der Waals surface area contributed by atoms with Crippen molar-refractivity contribution in [1.82, 2.24) is 15.3 Å². The third-order valence-electron chi connectivity index (χ3n) is 3.86. The predicted molar refractivity (Wildman–Crippen MR) is 90.8 cm³/mol. The molecular formula is C15H19N3O2S2. The fraction of sp³-hybridized carbons (Fsp3) is 0.533. The van der Waals surface area contributed by atoms with Gasteiger partial charge >= 0.3 is 0 Å². The summed E-state index contributed by atoms with van der Waals surface area (Å²) in [4.78, 5) is 32.9. The summed E-state index contributed by atoms with van der Waals surface area (Å²) >= 11 is 3.12. The summed E-state index contributed by atoms with van der Waals surface area (Å²) in [6, 6.07) is 0. The first-order valence-corrected chi connectivity index (χ1v) is 9.26. The Morgan fingerprint density at radius 1 is 1.55 bits per heavy atom. The highest BCUT2D eigenvalue weighted by Gasteiger charge is 2.22. The van der Waals surface area contributed by atoms with Crippen LogP contribution in [0.25, 0.3) is 10.2 Å². The number of nitrogens with one attached hydrogen (secondary N) is 2. The monoisotopic (exact) mass is 337 g/mol. The summed E-state index contributed by atoms with van der Waals surface area (Å²) in [7, 11) is 0. The van der Waals surface area contributed by atoms with Crippen molar-refractivity contribution in [2.75, 3.05) is 12.3 Å². The van der Waals surface area contributed by atoms with Crippen LogP contribution in [0.15, 0.2) is 9.95 Å². The molecule has 1 amide bonds. The fourth-order valence-electron chi connectivity index (χ4n) is 2.77. The first-order valence-electron chi connectivity index (χ1n) is 7.46. The molecule has 1 aliphatic carbocycles. The zero-order chi connectivity index (χ0) is 15.7. The second-order valence-electron chi connectivity index (χ2n) is 5.73. The van der Waals surface area contributed by atoms with Crippen molar-refractivity contribution in [1.29, 1.82) is 0 Å². The van der Waals surface area contributed by atoms with Gasteiger partial charge in [0.1, 0.15) is 4.83 Å². The average Bonchev–Trinajstić information content (AvgIpc) is 2.81. The van der Waals surface area contributed by atoms with Gasteiger partial charge in [-0.25, -0.2) is 4.98 Å². The van der Waals surface area contributed by atoms with E-state index in [4.69, 9.17) is 0 Å². The van der Waals surface area contributed by atoms with Crippen molar-refractivity contribution in [3.63, 3.8) is 0 Å². The lowest BCUT2D eigenvalue weighted by Gasteiger charge is -2.17. The van der Waals surface area contributed by atoms with Crippen LogP contribution in [0, 0.1) is 5.92 Å². The third kappa shape index (κ3) is 3.20. The van der Waals surface area contributed by atoms with Gasteiger partial charge < -0.3 is 10.3 Å². The predicted octanol–water partition coefficient (Wildman–Crippen LogP) is 2.34. The molecule has 118 valence electrons. The molecule has 1 atom stereocenters. The van der Waals surface area contributed by atoms with E-state index in [0.29, 0.717) is 23.4 Å². The van der Waals surface area contributed by atoms with Crippen LogP contribution in [0.1, 0.15) is 30.7 Å². The molecule has 7 heteroatoms. The van der Waals surface area contributed by atoms with Crippen LogP contribution < -0.4 is 10.9 Å². The molecule has 2 aromatic heterocycles. The summed E-state index contributed by atoms with van der Waals surface area (Å²) < 4.78 is 0. The van der Waals surface area contributed by atoms with Gasteiger partial charge in [0.15, 0.2) is 5.16 Å². The number of aryl methyl sites for hydroxylation is 1. The van der Waals surface area contributed by atoms with E-state index in [1.165, 1.54) is 29.1 Å². The molecule has 2 heterocycles. The molecule has 2 N–H and O–H groups in total. The number of carbonyl (C=O) groups is 1. The number of nitrogens with zero attached hydrogens (tertiary/aromatic N) is 1. The van der Waals surface area contributed by atoms with Crippen LogP contribution in [-0.2, 0) is 17.6 Å². The Balaban J connectivity index is 1.83. The van der Waals surface area contributed by atoms with Gasteiger partial charge in [-0.1, -0.05) is 18.7 Å². The van der Waals surface area contributed by atoms with Gasteiger partial charge in [0.25, 0.3) is 5.56 Å². The van der Waals surface area contributed by atoms with Crippen LogP contribution in [0.5, 0.6) is 0 Å². The highest BCUT2D eigenvalue weighted by Crippen LogP contribution is 2.36. The second-order valence-corrected chi connectivity index (χ2v) is 7.90. The molecule has 0 spiro atoms. The van der Waals surface area contributed by atoms with Crippen LogP contribution in [-0.4, -0.2) is 28.2 Å². The number of hydrogen-bond donors (Lipinski definition) is 2. The van der Waals surface area contributed by atoms with Gasteiger partial charge in [0.2, 0.25) is 5.91 Å². The number of thiophene rings is 1. The lowest BCUT2D eigenvalue weighted by atomic mass is 9.89. The lowest BCUT2D eigenvalue weighted by molar-refractivity contribution is -0.118. The molecule has 1 aliphatic rings. The molecule has 0 saturated heterocycles. The number of fused-ring (bicyclic) bond motifs is 3. The number of rotatable bonds is 4. The molecule has 0 saturated carbocycles. The third-order valence-corrected chi connectivity index (χ3v) is 5.88. The van der Waals surface area contributed by atoms with Crippen molar-refractivity contribution in [3.8, 4) is 0 Å². The SMILES string of the molecule is CC(=O)NCCSc1nc2sc3c(c2c(=O)[nH]1)CC[C@H](C)C3. The number of thioether (sulfide) groups is 1. The Kier molecular flexibility index (Phi) is 4.54. The quantitative estimate of drug-likeness (QED) is 0.510. The molecule has 0 aromatic carbocycles. The minimum atomic E-state index is -0.0439. The molecule has 0 bridgehead atoms. The maximum atomic E-state index is 12.4. The summed E-state index contributed by atoms with van der Waals surface area (Å²) in [5.74, 6) is 1.33. The van der Waals surface area contributed by atoms with Crippen LogP contribution in [0.4, 0.5) is 0 Å². The minimum Gasteiger partial charge on any atom is -0.356 e. The summed E-state index contributed by atoms with van der Waals surface area (Å²) in [5, 5.41) is 4.16. The van der Waals surface area contributed by atoms with Crippen LogP contribution in [0.3, 0.4) is 0 Å². The smallest absolute Gasteiger partial charge is 0.260 e. The first kappa shape index (κ1) is 15.6.